The van der Waals surface area contributed by atoms with Crippen molar-refractivity contribution in [3.05, 3.63) is 99.9 Å². The van der Waals surface area contributed by atoms with Gasteiger partial charge in [0, 0.05) is 20.2 Å². The summed E-state index contributed by atoms with van der Waals surface area (Å²) in [4.78, 5) is 4.74. The van der Waals surface area contributed by atoms with Gasteiger partial charge in [0.25, 0.3) is 20.0 Å². The van der Waals surface area contributed by atoms with Crippen molar-refractivity contribution in [3.8, 4) is 11.5 Å². The number of fused-ring (bicyclic) bond motifs is 1. The van der Waals surface area contributed by atoms with Gasteiger partial charge < -0.3 is 4.42 Å². The van der Waals surface area contributed by atoms with E-state index in [1.54, 1.807) is 66.7 Å². The average molecular weight is 663 g/mol. The van der Waals surface area contributed by atoms with Gasteiger partial charge in [-0.15, -0.1) is 0 Å². The highest BCUT2D eigenvalue weighted by Crippen LogP contribution is 2.29. The zero-order valence-electron chi connectivity index (χ0n) is 18.7. The Morgan fingerprint density at radius 3 is 1.65 bits per heavy atom. The standard InChI is InChI=1S/C25H17Br2N3O5S2/c26-17-3-10-21(11-4-17)36(31,32)29-19-7-1-16(2-8-19)25-28-23-15-20(9-14-24(23)35-25)30-37(33,34)22-12-5-18(27)6-13-22/h1-15,29-30H. The number of anilines is 2. The topological polar surface area (TPSA) is 118 Å². The van der Waals surface area contributed by atoms with Gasteiger partial charge in [-0.05, 0) is 91.0 Å². The summed E-state index contributed by atoms with van der Waals surface area (Å²) in [6, 6.07) is 24.0. The zero-order chi connectivity index (χ0) is 26.2. The maximum Gasteiger partial charge on any atom is 0.261 e. The molecule has 12 heteroatoms. The minimum Gasteiger partial charge on any atom is -0.436 e. The number of nitrogens with one attached hydrogen (secondary N) is 2. The fourth-order valence-corrected chi connectivity index (χ4v) is 6.09. The third kappa shape index (κ3) is 5.72. The van der Waals surface area contributed by atoms with Gasteiger partial charge in [0.05, 0.1) is 15.5 Å². The molecule has 1 aromatic heterocycles. The van der Waals surface area contributed by atoms with Crippen LogP contribution in [0.1, 0.15) is 0 Å². The number of rotatable bonds is 7. The highest BCUT2D eigenvalue weighted by Gasteiger charge is 2.17. The molecule has 2 N–H and O–H groups in total. The fraction of sp³-hybridized carbons (Fsp3) is 0. The van der Waals surface area contributed by atoms with Crippen molar-refractivity contribution >= 4 is 74.4 Å². The van der Waals surface area contributed by atoms with Gasteiger partial charge in [0.2, 0.25) is 5.89 Å². The number of nitrogens with zero attached hydrogens (tertiary/aromatic N) is 1. The lowest BCUT2D eigenvalue weighted by atomic mass is 10.2. The monoisotopic (exact) mass is 661 g/mol. The molecule has 0 aliphatic heterocycles. The van der Waals surface area contributed by atoms with E-state index in [1.165, 1.54) is 24.3 Å². The predicted octanol–water partition coefficient (Wildman–Crippen LogP) is 6.62. The molecule has 37 heavy (non-hydrogen) atoms. The van der Waals surface area contributed by atoms with Gasteiger partial charge >= 0.3 is 0 Å². The Kier molecular flexibility index (Phi) is 6.84. The normalized spacial score (nSPS) is 11.9. The fourth-order valence-electron chi connectivity index (χ4n) is 3.45. The van der Waals surface area contributed by atoms with Crippen molar-refractivity contribution in [1.82, 2.24) is 4.98 Å². The second kappa shape index (κ2) is 9.93. The first-order chi connectivity index (χ1) is 17.6. The summed E-state index contributed by atoms with van der Waals surface area (Å²) in [7, 11) is -7.51. The minimum absolute atomic E-state index is 0.132. The Labute approximate surface area is 230 Å². The molecule has 0 atom stereocenters. The van der Waals surface area contributed by atoms with Crippen LogP contribution in [-0.2, 0) is 20.0 Å². The number of oxazole rings is 1. The minimum atomic E-state index is -3.77. The molecule has 0 fully saturated rings. The zero-order valence-corrected chi connectivity index (χ0v) is 23.5. The molecule has 0 aliphatic rings. The quantitative estimate of drug-likeness (QED) is 0.202. The van der Waals surface area contributed by atoms with Crippen LogP contribution in [0.15, 0.2) is 114 Å². The highest BCUT2D eigenvalue weighted by molar-refractivity contribution is 9.10. The lowest BCUT2D eigenvalue weighted by molar-refractivity contribution is 0.599. The van der Waals surface area contributed by atoms with E-state index < -0.39 is 20.0 Å². The molecule has 5 aromatic rings. The average Bonchev–Trinajstić information content (AvgIpc) is 3.28. The van der Waals surface area contributed by atoms with Crippen LogP contribution in [0, 0.1) is 0 Å². The molecule has 1 heterocycles. The van der Waals surface area contributed by atoms with Crippen LogP contribution in [0.2, 0.25) is 0 Å². The van der Waals surface area contributed by atoms with Crippen molar-refractivity contribution in [1.29, 1.82) is 0 Å². The summed E-state index contributed by atoms with van der Waals surface area (Å²) in [5.74, 6) is 0.310. The first-order valence-electron chi connectivity index (χ1n) is 10.7. The molecule has 0 unspecified atom stereocenters. The van der Waals surface area contributed by atoms with Crippen LogP contribution in [-0.4, -0.2) is 21.8 Å². The van der Waals surface area contributed by atoms with Gasteiger partial charge in [-0.3, -0.25) is 9.44 Å². The molecule has 0 amide bonds. The number of hydrogen-bond acceptors (Lipinski definition) is 6. The third-order valence-corrected chi connectivity index (χ3v) is 9.12. The van der Waals surface area contributed by atoms with Crippen LogP contribution >= 0.6 is 31.9 Å². The Bertz CT molecular complexity index is 1800. The van der Waals surface area contributed by atoms with E-state index in [4.69, 9.17) is 4.42 Å². The molecule has 0 saturated heterocycles. The lowest BCUT2D eigenvalue weighted by Crippen LogP contribution is -2.12. The van der Waals surface area contributed by atoms with Crippen molar-refractivity contribution < 1.29 is 21.3 Å². The predicted molar refractivity (Wildman–Crippen MR) is 149 cm³/mol. The molecule has 0 bridgehead atoms. The van der Waals surface area contributed by atoms with Crippen LogP contribution in [0.3, 0.4) is 0 Å². The summed E-state index contributed by atoms with van der Waals surface area (Å²) in [5.41, 5.74) is 2.28. The summed E-state index contributed by atoms with van der Waals surface area (Å²) >= 11 is 6.58. The number of benzene rings is 4. The smallest absolute Gasteiger partial charge is 0.261 e. The Hall–Kier alpha value is -3.19. The number of sulfonamides is 2. The van der Waals surface area contributed by atoms with Crippen molar-refractivity contribution in [2.75, 3.05) is 9.44 Å². The number of aromatic nitrogens is 1. The molecule has 8 nitrogen and oxygen atoms in total. The van der Waals surface area contributed by atoms with E-state index in [0.717, 1.165) is 8.95 Å². The van der Waals surface area contributed by atoms with Gasteiger partial charge in [0.1, 0.15) is 5.52 Å². The summed E-state index contributed by atoms with van der Waals surface area (Å²) in [6.07, 6.45) is 0. The lowest BCUT2D eigenvalue weighted by Gasteiger charge is -2.08. The molecule has 0 aliphatic carbocycles. The van der Waals surface area contributed by atoms with Crippen molar-refractivity contribution in [2.45, 2.75) is 9.79 Å². The highest BCUT2D eigenvalue weighted by atomic mass is 79.9. The van der Waals surface area contributed by atoms with Crippen LogP contribution in [0.5, 0.6) is 0 Å². The molecule has 188 valence electrons. The Morgan fingerprint density at radius 2 is 1.11 bits per heavy atom. The van der Waals surface area contributed by atoms with E-state index in [1.807, 2.05) is 0 Å². The summed E-state index contributed by atoms with van der Waals surface area (Å²) in [6.45, 7) is 0. The van der Waals surface area contributed by atoms with Gasteiger partial charge in [0.15, 0.2) is 5.58 Å². The van der Waals surface area contributed by atoms with Gasteiger partial charge in [-0.1, -0.05) is 31.9 Å². The van der Waals surface area contributed by atoms with Crippen LogP contribution < -0.4 is 9.44 Å². The van der Waals surface area contributed by atoms with E-state index in [9.17, 15) is 16.8 Å². The van der Waals surface area contributed by atoms with E-state index in [-0.39, 0.29) is 9.79 Å². The van der Waals surface area contributed by atoms with Crippen LogP contribution in [0.25, 0.3) is 22.6 Å². The second-order valence-corrected chi connectivity index (χ2v) is 13.1. The molecule has 4 aromatic carbocycles. The van der Waals surface area contributed by atoms with Gasteiger partial charge in [-0.2, -0.15) is 0 Å². The van der Waals surface area contributed by atoms with E-state index in [2.05, 4.69) is 46.3 Å². The molecule has 0 spiro atoms. The first kappa shape index (κ1) is 25.5. The SMILES string of the molecule is O=S(=O)(Nc1ccc(-c2nc3cc(NS(=O)(=O)c4ccc(Br)cc4)ccc3o2)cc1)c1ccc(Br)cc1. The number of hydrogen-bond donors (Lipinski definition) is 2. The van der Waals surface area contributed by atoms with E-state index in [0.29, 0.717) is 33.9 Å². The van der Waals surface area contributed by atoms with Crippen LogP contribution in [0.4, 0.5) is 11.4 Å². The van der Waals surface area contributed by atoms with Gasteiger partial charge in [-0.25, -0.2) is 21.8 Å². The largest absolute Gasteiger partial charge is 0.436 e. The van der Waals surface area contributed by atoms with Crippen molar-refractivity contribution in [2.24, 2.45) is 0 Å². The molecule has 5 rings (SSSR count). The molecular formula is C25H17Br2N3O5S2. The summed E-state index contributed by atoms with van der Waals surface area (Å²) in [5, 5.41) is 0. The first-order valence-corrected chi connectivity index (χ1v) is 15.2. The maximum absolute atomic E-state index is 12.7. The molecule has 0 saturated carbocycles. The Morgan fingerprint density at radius 1 is 0.622 bits per heavy atom. The second-order valence-electron chi connectivity index (χ2n) is 7.90. The maximum atomic E-state index is 12.7. The number of halogens is 2. The van der Waals surface area contributed by atoms with E-state index >= 15 is 0 Å². The molecular weight excluding hydrogens is 646 g/mol. The molecule has 0 radical (unpaired) electrons. The Balaban J connectivity index is 1.34. The summed E-state index contributed by atoms with van der Waals surface area (Å²) < 4.78 is 63.1. The van der Waals surface area contributed by atoms with Crippen molar-refractivity contribution in [3.63, 3.8) is 0 Å². The third-order valence-electron chi connectivity index (χ3n) is 5.27.